The molecule has 0 bridgehead atoms. The van der Waals surface area contributed by atoms with Gasteiger partial charge in [-0.05, 0) is 55.8 Å². The first-order valence-corrected chi connectivity index (χ1v) is 9.25. The molecule has 0 aliphatic heterocycles. The van der Waals surface area contributed by atoms with Crippen LogP contribution >= 0.6 is 0 Å². The average Bonchev–Trinajstić information content (AvgIpc) is 2.56. The van der Waals surface area contributed by atoms with Crippen molar-refractivity contribution in [2.45, 2.75) is 85.0 Å². The summed E-state index contributed by atoms with van der Waals surface area (Å²) < 4.78 is 4.73. The number of carbonyl (C=O) groups is 1. The molecular weight excluding hydrogens is 260 g/mol. The van der Waals surface area contributed by atoms with Gasteiger partial charge in [0.05, 0.1) is 7.11 Å². The molecule has 2 heteroatoms. The Balaban J connectivity index is 0.00000106. The molecule has 0 aromatic heterocycles. The van der Waals surface area contributed by atoms with Crippen molar-refractivity contribution in [3.05, 3.63) is 0 Å². The fraction of sp³-hybridized carbons (Fsp3) is 0.947. The minimum Gasteiger partial charge on any atom is -0.469 e. The van der Waals surface area contributed by atoms with E-state index in [0.717, 1.165) is 30.1 Å². The van der Waals surface area contributed by atoms with Crippen molar-refractivity contribution in [1.29, 1.82) is 0 Å². The molecule has 0 radical (unpaired) electrons. The molecule has 0 N–H and O–H groups in total. The number of methoxy groups -OCH3 is 1. The lowest BCUT2D eigenvalue weighted by molar-refractivity contribution is -0.141. The summed E-state index contributed by atoms with van der Waals surface area (Å²) in [5.41, 5.74) is 0. The molecule has 2 saturated carbocycles. The van der Waals surface area contributed by atoms with Crippen LogP contribution in [-0.2, 0) is 9.53 Å². The van der Waals surface area contributed by atoms with Gasteiger partial charge in [0.25, 0.3) is 0 Å². The quantitative estimate of drug-likeness (QED) is 0.631. The number of carbonyl (C=O) groups excluding carboxylic acids is 1. The van der Waals surface area contributed by atoms with Gasteiger partial charge >= 0.3 is 5.97 Å². The van der Waals surface area contributed by atoms with Gasteiger partial charge in [-0.15, -0.1) is 0 Å². The Labute approximate surface area is 132 Å². The zero-order chi connectivity index (χ0) is 15.7. The zero-order valence-electron chi connectivity index (χ0n) is 14.7. The van der Waals surface area contributed by atoms with Crippen LogP contribution in [0.25, 0.3) is 0 Å². The Hall–Kier alpha value is -0.530. The molecule has 0 unspecified atom stereocenters. The molecule has 2 fully saturated rings. The highest BCUT2D eigenvalue weighted by Crippen LogP contribution is 2.42. The van der Waals surface area contributed by atoms with E-state index in [4.69, 9.17) is 4.74 Å². The SMILES string of the molecule is CC.COC(=O)CCC1CCC(C2CCC(C)CC2)CC1. The Morgan fingerprint density at radius 2 is 1.38 bits per heavy atom. The number of hydrogen-bond acceptors (Lipinski definition) is 2. The molecule has 0 amide bonds. The largest absolute Gasteiger partial charge is 0.469 e. The maximum Gasteiger partial charge on any atom is 0.305 e. The van der Waals surface area contributed by atoms with Gasteiger partial charge in [-0.3, -0.25) is 4.79 Å². The van der Waals surface area contributed by atoms with Gasteiger partial charge < -0.3 is 4.74 Å². The third-order valence-corrected chi connectivity index (χ3v) is 5.60. The molecule has 2 nitrogen and oxygen atoms in total. The van der Waals surface area contributed by atoms with E-state index < -0.39 is 0 Å². The Morgan fingerprint density at radius 3 is 1.86 bits per heavy atom. The van der Waals surface area contributed by atoms with Crippen LogP contribution in [0.4, 0.5) is 0 Å². The molecule has 2 rings (SSSR count). The molecule has 21 heavy (non-hydrogen) atoms. The normalized spacial score (nSPS) is 32.8. The highest BCUT2D eigenvalue weighted by Gasteiger charge is 2.29. The molecule has 0 atom stereocenters. The first kappa shape index (κ1) is 18.5. The summed E-state index contributed by atoms with van der Waals surface area (Å²) in [5, 5.41) is 0. The zero-order valence-corrected chi connectivity index (χ0v) is 14.7. The summed E-state index contributed by atoms with van der Waals surface area (Å²) in [5.74, 6) is 3.70. The Kier molecular flexibility index (Phi) is 9.03. The van der Waals surface area contributed by atoms with Crippen molar-refractivity contribution < 1.29 is 9.53 Å². The van der Waals surface area contributed by atoms with E-state index in [9.17, 15) is 4.79 Å². The third kappa shape index (κ3) is 6.40. The van der Waals surface area contributed by atoms with Crippen molar-refractivity contribution in [2.75, 3.05) is 7.11 Å². The molecule has 0 saturated heterocycles. The van der Waals surface area contributed by atoms with Gasteiger partial charge in [0, 0.05) is 6.42 Å². The van der Waals surface area contributed by atoms with E-state index in [-0.39, 0.29) is 5.97 Å². The molecule has 124 valence electrons. The molecule has 0 heterocycles. The van der Waals surface area contributed by atoms with Crippen LogP contribution < -0.4 is 0 Å². The van der Waals surface area contributed by atoms with Gasteiger partial charge in [-0.1, -0.05) is 46.5 Å². The van der Waals surface area contributed by atoms with Gasteiger partial charge in [-0.25, -0.2) is 0 Å². The molecule has 0 spiro atoms. The van der Waals surface area contributed by atoms with Crippen LogP contribution in [0.1, 0.15) is 85.0 Å². The summed E-state index contributed by atoms with van der Waals surface area (Å²) in [7, 11) is 1.49. The second-order valence-corrected chi connectivity index (χ2v) is 6.92. The van der Waals surface area contributed by atoms with E-state index in [1.807, 2.05) is 13.8 Å². The van der Waals surface area contributed by atoms with Gasteiger partial charge in [0.15, 0.2) is 0 Å². The van der Waals surface area contributed by atoms with Crippen LogP contribution in [0.2, 0.25) is 0 Å². The van der Waals surface area contributed by atoms with E-state index in [0.29, 0.717) is 6.42 Å². The lowest BCUT2D eigenvalue weighted by Crippen LogP contribution is -2.25. The number of esters is 1. The van der Waals surface area contributed by atoms with E-state index in [1.165, 1.54) is 58.5 Å². The maximum atomic E-state index is 11.2. The number of ether oxygens (including phenoxy) is 1. The highest BCUT2D eigenvalue weighted by atomic mass is 16.5. The van der Waals surface area contributed by atoms with Crippen LogP contribution in [-0.4, -0.2) is 13.1 Å². The first-order chi connectivity index (χ1) is 10.2. The van der Waals surface area contributed by atoms with Crippen molar-refractivity contribution in [1.82, 2.24) is 0 Å². The summed E-state index contributed by atoms with van der Waals surface area (Å²) in [6.45, 7) is 6.40. The molecule has 0 aromatic carbocycles. The summed E-state index contributed by atoms with van der Waals surface area (Å²) in [6.07, 6.45) is 13.0. The summed E-state index contributed by atoms with van der Waals surface area (Å²) in [6, 6.07) is 0. The van der Waals surface area contributed by atoms with Crippen LogP contribution in [0.3, 0.4) is 0 Å². The fourth-order valence-electron chi connectivity index (χ4n) is 4.13. The van der Waals surface area contributed by atoms with Crippen LogP contribution in [0.15, 0.2) is 0 Å². The van der Waals surface area contributed by atoms with Gasteiger partial charge in [-0.2, -0.15) is 0 Å². The number of hydrogen-bond donors (Lipinski definition) is 0. The second kappa shape index (κ2) is 10.2. The van der Waals surface area contributed by atoms with E-state index in [2.05, 4.69) is 6.92 Å². The van der Waals surface area contributed by atoms with Crippen LogP contribution in [0.5, 0.6) is 0 Å². The van der Waals surface area contributed by atoms with Crippen molar-refractivity contribution in [3.63, 3.8) is 0 Å². The minimum atomic E-state index is -0.0385. The lowest BCUT2D eigenvalue weighted by Gasteiger charge is -2.37. The third-order valence-electron chi connectivity index (χ3n) is 5.60. The minimum absolute atomic E-state index is 0.0385. The average molecular weight is 296 g/mol. The van der Waals surface area contributed by atoms with Gasteiger partial charge in [0.2, 0.25) is 0 Å². The van der Waals surface area contributed by atoms with Crippen molar-refractivity contribution in [2.24, 2.45) is 23.7 Å². The molecular formula is C19H36O2. The Morgan fingerprint density at radius 1 is 0.905 bits per heavy atom. The van der Waals surface area contributed by atoms with Crippen molar-refractivity contribution >= 4 is 5.97 Å². The maximum absolute atomic E-state index is 11.2. The van der Waals surface area contributed by atoms with Gasteiger partial charge in [0.1, 0.15) is 0 Å². The van der Waals surface area contributed by atoms with E-state index >= 15 is 0 Å². The second-order valence-electron chi connectivity index (χ2n) is 6.92. The lowest BCUT2D eigenvalue weighted by atomic mass is 9.69. The predicted octanol–water partition coefficient (Wildman–Crippen LogP) is 5.60. The molecule has 2 aliphatic carbocycles. The Bertz CT molecular complexity index is 271. The standard InChI is InChI=1S/C17H30O2.C2H6/c1-13-3-8-15(9-4-13)16-10-5-14(6-11-16)7-12-17(18)19-2;1-2/h13-16H,3-12H2,1-2H3;1-2H3. The van der Waals surface area contributed by atoms with E-state index in [1.54, 1.807) is 0 Å². The topological polar surface area (TPSA) is 26.3 Å². The summed E-state index contributed by atoms with van der Waals surface area (Å²) in [4.78, 5) is 11.2. The first-order valence-electron chi connectivity index (χ1n) is 9.25. The van der Waals surface area contributed by atoms with Crippen molar-refractivity contribution in [3.8, 4) is 0 Å². The number of rotatable bonds is 4. The molecule has 0 aromatic rings. The summed E-state index contributed by atoms with van der Waals surface area (Å²) >= 11 is 0. The highest BCUT2D eigenvalue weighted by molar-refractivity contribution is 5.69. The fourth-order valence-corrected chi connectivity index (χ4v) is 4.13. The smallest absolute Gasteiger partial charge is 0.305 e. The predicted molar refractivity (Wildman–Crippen MR) is 89.2 cm³/mol. The van der Waals surface area contributed by atoms with Crippen LogP contribution in [0, 0.1) is 23.7 Å². The molecule has 2 aliphatic rings. The monoisotopic (exact) mass is 296 g/mol.